The van der Waals surface area contributed by atoms with Gasteiger partial charge in [-0.15, -0.1) is 0 Å². The molecule has 1 N–H and O–H groups in total. The van der Waals surface area contributed by atoms with Gasteiger partial charge in [0.05, 0.1) is 11.6 Å². The highest BCUT2D eigenvalue weighted by Crippen LogP contribution is 2.26. The molecule has 6 heteroatoms. The zero-order valence-corrected chi connectivity index (χ0v) is 12.2. The van der Waals surface area contributed by atoms with E-state index in [1.165, 1.54) is 6.08 Å². The summed E-state index contributed by atoms with van der Waals surface area (Å²) in [4.78, 5) is 14.6. The van der Waals surface area contributed by atoms with E-state index in [1.807, 2.05) is 17.7 Å². The molecule has 0 spiro atoms. The van der Waals surface area contributed by atoms with Gasteiger partial charge >= 0.3 is 5.97 Å². The summed E-state index contributed by atoms with van der Waals surface area (Å²) >= 11 is 6.11. The molecular formula is C15H15ClN2O3. The Balaban J connectivity index is 1.95. The molecule has 110 valence electrons. The number of carboxylic acids is 1. The predicted molar refractivity (Wildman–Crippen MR) is 80.6 cm³/mol. The first kappa shape index (κ1) is 15.1. The van der Waals surface area contributed by atoms with Crippen LogP contribution in [-0.2, 0) is 11.3 Å². The van der Waals surface area contributed by atoms with Crippen LogP contribution >= 0.6 is 11.6 Å². The molecule has 5 nitrogen and oxygen atoms in total. The van der Waals surface area contributed by atoms with Crippen molar-refractivity contribution < 1.29 is 14.6 Å². The summed E-state index contributed by atoms with van der Waals surface area (Å²) in [5.41, 5.74) is 0.709. The molecule has 0 saturated heterocycles. The van der Waals surface area contributed by atoms with Crippen LogP contribution in [0, 0.1) is 6.92 Å². The number of hydrogen-bond donors (Lipinski definition) is 1. The summed E-state index contributed by atoms with van der Waals surface area (Å²) < 4.78 is 7.61. The molecule has 0 saturated carbocycles. The topological polar surface area (TPSA) is 64.4 Å². The van der Waals surface area contributed by atoms with Crippen molar-refractivity contribution in [1.82, 2.24) is 9.55 Å². The van der Waals surface area contributed by atoms with E-state index in [4.69, 9.17) is 21.4 Å². The highest BCUT2D eigenvalue weighted by molar-refractivity contribution is 6.32. The molecule has 0 bridgehead atoms. The normalized spacial score (nSPS) is 11.0. The lowest BCUT2D eigenvalue weighted by Crippen LogP contribution is -2.09. The summed E-state index contributed by atoms with van der Waals surface area (Å²) in [6.45, 7) is 3.08. The molecule has 1 aromatic carbocycles. The summed E-state index contributed by atoms with van der Waals surface area (Å²) in [6, 6.07) is 5.15. The van der Waals surface area contributed by atoms with Crippen molar-refractivity contribution in [2.75, 3.05) is 6.61 Å². The minimum Gasteiger partial charge on any atom is -0.490 e. The summed E-state index contributed by atoms with van der Waals surface area (Å²) in [7, 11) is 0. The van der Waals surface area contributed by atoms with Crippen molar-refractivity contribution in [1.29, 1.82) is 0 Å². The van der Waals surface area contributed by atoms with Crippen LogP contribution in [0.5, 0.6) is 5.75 Å². The van der Waals surface area contributed by atoms with Crippen LogP contribution in [0.15, 0.2) is 36.7 Å². The fourth-order valence-electron chi connectivity index (χ4n) is 1.80. The van der Waals surface area contributed by atoms with Gasteiger partial charge in [-0.2, -0.15) is 0 Å². The van der Waals surface area contributed by atoms with E-state index in [0.29, 0.717) is 29.5 Å². The number of halogens is 1. The van der Waals surface area contributed by atoms with Gasteiger partial charge in [0.1, 0.15) is 18.2 Å². The third kappa shape index (κ3) is 4.36. The first-order chi connectivity index (χ1) is 10.1. The molecule has 0 radical (unpaired) electrons. The lowest BCUT2D eigenvalue weighted by Gasteiger charge is -2.10. The van der Waals surface area contributed by atoms with Gasteiger partial charge in [0.25, 0.3) is 0 Å². The van der Waals surface area contributed by atoms with Crippen LogP contribution < -0.4 is 4.74 Å². The lowest BCUT2D eigenvalue weighted by molar-refractivity contribution is -0.131. The SMILES string of the molecule is Cc1nccn1CCOc1ccc(C=CC(=O)O)cc1Cl. The molecule has 2 aromatic rings. The molecule has 0 atom stereocenters. The third-order valence-corrected chi connectivity index (χ3v) is 3.18. The van der Waals surface area contributed by atoms with Gasteiger partial charge in [0.15, 0.2) is 0 Å². The van der Waals surface area contributed by atoms with Gasteiger partial charge in [-0.3, -0.25) is 0 Å². The van der Waals surface area contributed by atoms with E-state index in [-0.39, 0.29) is 0 Å². The first-order valence-corrected chi connectivity index (χ1v) is 6.75. The fourth-order valence-corrected chi connectivity index (χ4v) is 2.04. The number of aliphatic carboxylic acids is 1. The maximum atomic E-state index is 10.5. The zero-order valence-electron chi connectivity index (χ0n) is 11.5. The molecule has 0 aliphatic rings. The van der Waals surface area contributed by atoms with Crippen molar-refractivity contribution >= 4 is 23.6 Å². The van der Waals surface area contributed by atoms with E-state index < -0.39 is 5.97 Å². The molecule has 1 heterocycles. The van der Waals surface area contributed by atoms with E-state index in [9.17, 15) is 4.79 Å². The second-order valence-electron chi connectivity index (χ2n) is 4.38. The van der Waals surface area contributed by atoms with Crippen molar-refractivity contribution in [3.8, 4) is 5.75 Å². The molecule has 0 unspecified atom stereocenters. The molecule has 21 heavy (non-hydrogen) atoms. The minimum atomic E-state index is -0.998. The molecule has 0 aliphatic heterocycles. The second kappa shape index (κ2) is 6.95. The summed E-state index contributed by atoms with van der Waals surface area (Å²) in [5, 5.41) is 9.02. The van der Waals surface area contributed by atoms with Gasteiger partial charge in [0.2, 0.25) is 0 Å². The molecular weight excluding hydrogens is 292 g/mol. The van der Waals surface area contributed by atoms with Crippen LogP contribution in [0.4, 0.5) is 0 Å². The summed E-state index contributed by atoms with van der Waals surface area (Å²) in [6.07, 6.45) is 6.17. The minimum absolute atomic E-state index is 0.449. The van der Waals surface area contributed by atoms with Crippen LogP contribution in [0.3, 0.4) is 0 Å². The number of aromatic nitrogens is 2. The number of hydrogen-bond acceptors (Lipinski definition) is 3. The Bertz CT molecular complexity index is 665. The van der Waals surface area contributed by atoms with E-state index in [0.717, 1.165) is 11.9 Å². The Kier molecular flexibility index (Phi) is 5.00. The van der Waals surface area contributed by atoms with Gasteiger partial charge in [-0.25, -0.2) is 9.78 Å². The Hall–Kier alpha value is -2.27. The Morgan fingerprint density at radius 3 is 2.95 bits per heavy atom. The Morgan fingerprint density at radius 2 is 2.33 bits per heavy atom. The van der Waals surface area contributed by atoms with E-state index in [1.54, 1.807) is 24.4 Å². The van der Waals surface area contributed by atoms with E-state index in [2.05, 4.69) is 4.98 Å². The Labute approximate surface area is 127 Å². The smallest absolute Gasteiger partial charge is 0.328 e. The number of imidazole rings is 1. The van der Waals surface area contributed by atoms with Crippen LogP contribution in [0.25, 0.3) is 6.08 Å². The van der Waals surface area contributed by atoms with E-state index >= 15 is 0 Å². The maximum absolute atomic E-state index is 10.5. The Morgan fingerprint density at radius 1 is 1.52 bits per heavy atom. The number of carbonyl (C=O) groups is 1. The highest BCUT2D eigenvalue weighted by Gasteiger charge is 2.03. The number of rotatable bonds is 6. The molecule has 0 amide bonds. The van der Waals surface area contributed by atoms with Crippen molar-refractivity contribution in [2.45, 2.75) is 13.5 Å². The zero-order chi connectivity index (χ0) is 15.2. The summed E-state index contributed by atoms with van der Waals surface area (Å²) in [5.74, 6) is 0.503. The quantitative estimate of drug-likeness (QED) is 0.833. The maximum Gasteiger partial charge on any atom is 0.328 e. The fraction of sp³-hybridized carbons (Fsp3) is 0.200. The molecule has 0 fully saturated rings. The number of aryl methyl sites for hydroxylation is 1. The lowest BCUT2D eigenvalue weighted by atomic mass is 10.2. The van der Waals surface area contributed by atoms with Gasteiger partial charge in [-0.1, -0.05) is 17.7 Å². The molecule has 1 aromatic heterocycles. The standard InChI is InChI=1S/C15H15ClN2O3/c1-11-17-6-7-18(11)8-9-21-14-4-2-12(10-13(14)16)3-5-15(19)20/h2-7,10H,8-9H2,1H3,(H,19,20). The number of carboxylic acid groups (broad SMARTS) is 1. The van der Waals surface area contributed by atoms with Crippen molar-refractivity contribution in [3.63, 3.8) is 0 Å². The van der Waals surface area contributed by atoms with Crippen molar-refractivity contribution in [3.05, 3.63) is 53.1 Å². The highest BCUT2D eigenvalue weighted by atomic mass is 35.5. The number of ether oxygens (including phenoxy) is 1. The van der Waals surface area contributed by atoms with Crippen LogP contribution in [-0.4, -0.2) is 27.2 Å². The van der Waals surface area contributed by atoms with Crippen LogP contribution in [0.1, 0.15) is 11.4 Å². The number of benzene rings is 1. The second-order valence-corrected chi connectivity index (χ2v) is 4.78. The van der Waals surface area contributed by atoms with Crippen molar-refractivity contribution in [2.24, 2.45) is 0 Å². The van der Waals surface area contributed by atoms with Gasteiger partial charge in [-0.05, 0) is 30.7 Å². The van der Waals surface area contributed by atoms with Crippen LogP contribution in [0.2, 0.25) is 5.02 Å². The monoisotopic (exact) mass is 306 g/mol. The van der Waals surface area contributed by atoms with Gasteiger partial charge < -0.3 is 14.4 Å². The predicted octanol–water partition coefficient (Wildman–Crippen LogP) is 3.02. The first-order valence-electron chi connectivity index (χ1n) is 6.37. The van der Waals surface area contributed by atoms with Gasteiger partial charge in [0, 0.05) is 18.5 Å². The molecule has 2 rings (SSSR count). The molecule has 0 aliphatic carbocycles. The largest absolute Gasteiger partial charge is 0.490 e. The average molecular weight is 307 g/mol. The number of nitrogens with zero attached hydrogens (tertiary/aromatic N) is 2. The average Bonchev–Trinajstić information content (AvgIpc) is 2.84. The third-order valence-electron chi connectivity index (χ3n) is 2.89.